The van der Waals surface area contributed by atoms with Crippen molar-refractivity contribution in [2.45, 2.75) is 20.0 Å². The lowest BCUT2D eigenvalue weighted by atomic mass is 10.1. The second-order valence-corrected chi connectivity index (χ2v) is 7.17. The lowest BCUT2D eigenvalue weighted by Gasteiger charge is -2.17. The van der Waals surface area contributed by atoms with Gasteiger partial charge in [-0.15, -0.1) is 0 Å². The number of nitrogens with zero attached hydrogens (tertiary/aromatic N) is 3. The highest BCUT2D eigenvalue weighted by molar-refractivity contribution is 5.84. The molecule has 0 saturated carbocycles. The molecule has 0 aliphatic heterocycles. The van der Waals surface area contributed by atoms with E-state index in [1.165, 1.54) is 10.9 Å². The molecule has 2 heterocycles. The molecule has 28 heavy (non-hydrogen) atoms. The Hall–Kier alpha value is -3.18. The van der Waals surface area contributed by atoms with Crippen LogP contribution in [0.25, 0.3) is 16.4 Å². The van der Waals surface area contributed by atoms with Gasteiger partial charge in [-0.2, -0.15) is 0 Å². The Balaban J connectivity index is 1.54. The molecule has 0 atom stereocenters. The van der Waals surface area contributed by atoms with Gasteiger partial charge in [0.2, 0.25) is 0 Å². The van der Waals surface area contributed by atoms with E-state index in [2.05, 4.69) is 34.1 Å². The number of benzene rings is 2. The molecule has 0 radical (unpaired) electrons. The van der Waals surface area contributed by atoms with Crippen molar-refractivity contribution in [3.63, 3.8) is 0 Å². The molecule has 4 rings (SSSR count). The van der Waals surface area contributed by atoms with Gasteiger partial charge in [-0.25, -0.2) is 4.98 Å². The quantitative estimate of drug-likeness (QED) is 0.534. The van der Waals surface area contributed by atoms with Crippen LogP contribution < -0.4 is 10.3 Å². The third-order valence-electron chi connectivity index (χ3n) is 4.93. The fraction of sp³-hybridized carbons (Fsp3) is 0.217. The monoisotopic (exact) mass is 373 g/mol. The van der Waals surface area contributed by atoms with Crippen LogP contribution in [0.15, 0.2) is 65.5 Å². The summed E-state index contributed by atoms with van der Waals surface area (Å²) in [6.45, 7) is 3.30. The highest BCUT2D eigenvalue weighted by Gasteiger charge is 2.08. The Morgan fingerprint density at radius 1 is 1.00 bits per heavy atom. The Morgan fingerprint density at radius 3 is 2.61 bits per heavy atom. The number of aromatic nitrogens is 2. The standard InChI is InChI=1S/C23H23N3O2/c1-16-5-4-6-22-24-20(13-23(27)26(16)22)15-25(2)14-17-7-8-19-12-21(28-3)10-9-18(19)11-17/h4-13H,14-15H2,1-3H3. The van der Waals surface area contributed by atoms with Crippen molar-refractivity contribution in [1.82, 2.24) is 14.3 Å². The fourth-order valence-corrected chi connectivity index (χ4v) is 3.59. The third kappa shape index (κ3) is 3.62. The number of rotatable bonds is 5. The summed E-state index contributed by atoms with van der Waals surface area (Å²) in [5.41, 5.74) is 3.54. The average molecular weight is 373 g/mol. The molecule has 0 N–H and O–H groups in total. The van der Waals surface area contributed by atoms with Crippen molar-refractivity contribution >= 4 is 16.4 Å². The maximum Gasteiger partial charge on any atom is 0.258 e. The number of ether oxygens (including phenoxy) is 1. The van der Waals surface area contributed by atoms with Crippen LogP contribution in [0.3, 0.4) is 0 Å². The van der Waals surface area contributed by atoms with Gasteiger partial charge < -0.3 is 4.74 Å². The lowest BCUT2D eigenvalue weighted by molar-refractivity contribution is 0.315. The van der Waals surface area contributed by atoms with Gasteiger partial charge in [-0.1, -0.05) is 24.3 Å². The third-order valence-corrected chi connectivity index (χ3v) is 4.93. The molecule has 0 bridgehead atoms. The SMILES string of the molecule is COc1ccc2cc(CN(C)Cc3cc(=O)n4c(C)cccc4n3)ccc2c1. The summed E-state index contributed by atoms with van der Waals surface area (Å²) in [5, 5.41) is 2.34. The summed E-state index contributed by atoms with van der Waals surface area (Å²) in [7, 11) is 3.72. The first kappa shape index (κ1) is 18.2. The van der Waals surface area contributed by atoms with Crippen molar-refractivity contribution < 1.29 is 4.74 Å². The van der Waals surface area contributed by atoms with E-state index in [1.807, 2.05) is 44.3 Å². The summed E-state index contributed by atoms with van der Waals surface area (Å²) < 4.78 is 6.93. The Bertz CT molecular complexity index is 1210. The van der Waals surface area contributed by atoms with E-state index in [1.54, 1.807) is 17.6 Å². The molecule has 0 saturated heterocycles. The second kappa shape index (κ2) is 7.44. The predicted octanol–water partition coefficient (Wildman–Crippen LogP) is 3.80. The van der Waals surface area contributed by atoms with Gasteiger partial charge >= 0.3 is 0 Å². The molecule has 0 unspecified atom stereocenters. The van der Waals surface area contributed by atoms with Crippen molar-refractivity contribution in [2.24, 2.45) is 0 Å². The van der Waals surface area contributed by atoms with Crippen LogP contribution in [0.5, 0.6) is 5.75 Å². The van der Waals surface area contributed by atoms with Crippen LogP contribution in [-0.2, 0) is 13.1 Å². The molecule has 0 spiro atoms. The molecule has 5 nitrogen and oxygen atoms in total. The van der Waals surface area contributed by atoms with Crippen LogP contribution in [0, 0.1) is 6.92 Å². The van der Waals surface area contributed by atoms with Crippen LogP contribution in [-0.4, -0.2) is 28.4 Å². The maximum absolute atomic E-state index is 12.5. The highest BCUT2D eigenvalue weighted by atomic mass is 16.5. The molecule has 0 aliphatic rings. The van der Waals surface area contributed by atoms with Crippen LogP contribution in [0.2, 0.25) is 0 Å². The first-order chi connectivity index (χ1) is 13.5. The van der Waals surface area contributed by atoms with E-state index >= 15 is 0 Å². The summed E-state index contributed by atoms with van der Waals surface area (Å²) >= 11 is 0. The largest absolute Gasteiger partial charge is 0.497 e. The van der Waals surface area contributed by atoms with Gasteiger partial charge in [0, 0.05) is 24.8 Å². The first-order valence-corrected chi connectivity index (χ1v) is 9.27. The second-order valence-electron chi connectivity index (χ2n) is 7.17. The minimum absolute atomic E-state index is 0.0360. The normalized spacial score (nSPS) is 11.4. The van der Waals surface area contributed by atoms with Crippen LogP contribution in [0.1, 0.15) is 17.0 Å². The zero-order valence-corrected chi connectivity index (χ0v) is 16.3. The van der Waals surface area contributed by atoms with E-state index in [0.717, 1.165) is 29.1 Å². The van der Waals surface area contributed by atoms with Gasteiger partial charge in [0.1, 0.15) is 11.4 Å². The molecule has 0 aliphatic carbocycles. The van der Waals surface area contributed by atoms with Gasteiger partial charge in [0.25, 0.3) is 5.56 Å². The zero-order valence-electron chi connectivity index (χ0n) is 16.3. The molecular weight excluding hydrogens is 350 g/mol. The molecule has 2 aromatic carbocycles. The topological polar surface area (TPSA) is 46.8 Å². The van der Waals surface area contributed by atoms with Gasteiger partial charge in [0.05, 0.1) is 12.8 Å². The van der Waals surface area contributed by atoms with Gasteiger partial charge in [-0.3, -0.25) is 14.1 Å². The number of methoxy groups -OCH3 is 1. The van der Waals surface area contributed by atoms with Crippen molar-refractivity contribution in [3.8, 4) is 5.75 Å². The van der Waals surface area contributed by atoms with Crippen molar-refractivity contribution in [2.75, 3.05) is 14.2 Å². The average Bonchev–Trinajstić information content (AvgIpc) is 2.67. The Kier molecular flexibility index (Phi) is 4.84. The number of pyridine rings is 1. The smallest absolute Gasteiger partial charge is 0.258 e. The minimum Gasteiger partial charge on any atom is -0.497 e. The molecule has 4 aromatic rings. The van der Waals surface area contributed by atoms with E-state index in [-0.39, 0.29) is 5.56 Å². The summed E-state index contributed by atoms with van der Waals surface area (Å²) in [4.78, 5) is 19.3. The molecule has 2 aromatic heterocycles. The zero-order chi connectivity index (χ0) is 19.7. The fourth-order valence-electron chi connectivity index (χ4n) is 3.59. The highest BCUT2D eigenvalue weighted by Crippen LogP contribution is 2.22. The number of hydrogen-bond acceptors (Lipinski definition) is 4. The van der Waals surface area contributed by atoms with Crippen LogP contribution >= 0.6 is 0 Å². The maximum atomic E-state index is 12.5. The number of aryl methyl sites for hydroxylation is 1. The van der Waals surface area contributed by atoms with E-state index in [0.29, 0.717) is 12.2 Å². The van der Waals surface area contributed by atoms with Crippen molar-refractivity contribution in [1.29, 1.82) is 0 Å². The first-order valence-electron chi connectivity index (χ1n) is 9.27. The number of hydrogen-bond donors (Lipinski definition) is 0. The molecule has 0 fully saturated rings. The Morgan fingerprint density at radius 2 is 1.79 bits per heavy atom. The molecule has 142 valence electrons. The Labute approximate surface area is 163 Å². The molecule has 0 amide bonds. The predicted molar refractivity (Wildman–Crippen MR) is 112 cm³/mol. The van der Waals surface area contributed by atoms with E-state index in [9.17, 15) is 4.79 Å². The van der Waals surface area contributed by atoms with E-state index in [4.69, 9.17) is 4.74 Å². The van der Waals surface area contributed by atoms with Gasteiger partial charge in [0.15, 0.2) is 0 Å². The lowest BCUT2D eigenvalue weighted by Crippen LogP contribution is -2.22. The summed E-state index contributed by atoms with van der Waals surface area (Å²) in [6, 6.07) is 19.9. The molecule has 5 heteroatoms. The van der Waals surface area contributed by atoms with E-state index < -0.39 is 0 Å². The summed E-state index contributed by atoms with van der Waals surface area (Å²) in [6.07, 6.45) is 0. The summed E-state index contributed by atoms with van der Waals surface area (Å²) in [5.74, 6) is 0.862. The van der Waals surface area contributed by atoms with Gasteiger partial charge in [-0.05, 0) is 60.6 Å². The minimum atomic E-state index is -0.0360. The number of fused-ring (bicyclic) bond motifs is 2. The van der Waals surface area contributed by atoms with Crippen LogP contribution in [0.4, 0.5) is 0 Å². The molecular formula is C23H23N3O2. The van der Waals surface area contributed by atoms with Crippen molar-refractivity contribution in [3.05, 3.63) is 88.0 Å².